The Balaban J connectivity index is 2.59. The van der Waals surface area contributed by atoms with E-state index in [-0.39, 0.29) is 32.7 Å². The van der Waals surface area contributed by atoms with Gasteiger partial charge in [-0.3, -0.25) is 4.31 Å². The second kappa shape index (κ2) is 7.91. The first-order chi connectivity index (χ1) is 11.8. The number of carbonyl (C=O) groups excluding carboxylic acids is 1. The monoisotopic (exact) mass is 399 g/mol. The van der Waals surface area contributed by atoms with Crippen LogP contribution in [0, 0.1) is 0 Å². The fourth-order valence-electron chi connectivity index (χ4n) is 2.16. The van der Waals surface area contributed by atoms with Crippen molar-refractivity contribution in [3.63, 3.8) is 0 Å². The molecule has 2 aromatic carbocycles. The van der Waals surface area contributed by atoms with E-state index in [4.69, 9.17) is 23.2 Å². The zero-order chi connectivity index (χ0) is 18.6. The van der Waals surface area contributed by atoms with Crippen LogP contribution in [0.1, 0.15) is 10.4 Å². The molecule has 5 nitrogen and oxygen atoms in total. The Morgan fingerprint density at radius 3 is 2.60 bits per heavy atom. The molecule has 2 rings (SSSR count). The summed E-state index contributed by atoms with van der Waals surface area (Å²) in [6.07, 6.45) is 1.43. The van der Waals surface area contributed by atoms with Crippen molar-refractivity contribution in [3.05, 3.63) is 70.7 Å². The van der Waals surface area contributed by atoms with E-state index in [1.165, 1.54) is 43.5 Å². The molecular weight excluding hydrogens is 385 g/mol. The van der Waals surface area contributed by atoms with Gasteiger partial charge in [0.05, 0.1) is 29.9 Å². The Kier molecular flexibility index (Phi) is 6.11. The van der Waals surface area contributed by atoms with Crippen LogP contribution in [0.3, 0.4) is 0 Å². The zero-order valence-corrected chi connectivity index (χ0v) is 15.6. The van der Waals surface area contributed by atoms with E-state index in [9.17, 15) is 13.2 Å². The lowest BCUT2D eigenvalue weighted by molar-refractivity contribution is 0.0600. The summed E-state index contributed by atoms with van der Waals surface area (Å²) in [7, 11) is -2.78. The number of anilines is 1. The lowest BCUT2D eigenvalue weighted by Crippen LogP contribution is -2.31. The van der Waals surface area contributed by atoms with Crippen LogP contribution in [-0.4, -0.2) is 28.0 Å². The SMILES string of the molecule is C=CCN(c1cccc(C(=O)OC)c1)S(=O)(=O)c1cc(Cl)ccc1Cl. The van der Waals surface area contributed by atoms with Gasteiger partial charge in [-0.2, -0.15) is 0 Å². The number of rotatable bonds is 6. The number of hydrogen-bond donors (Lipinski definition) is 0. The second-order valence-corrected chi connectivity index (χ2v) is 7.62. The van der Waals surface area contributed by atoms with Crippen molar-refractivity contribution in [1.29, 1.82) is 0 Å². The molecule has 0 heterocycles. The second-order valence-electron chi connectivity index (χ2n) is 4.94. The van der Waals surface area contributed by atoms with Gasteiger partial charge < -0.3 is 4.74 Å². The van der Waals surface area contributed by atoms with E-state index >= 15 is 0 Å². The van der Waals surface area contributed by atoms with Gasteiger partial charge in [0.25, 0.3) is 10.0 Å². The summed E-state index contributed by atoms with van der Waals surface area (Å²) >= 11 is 12.0. The highest BCUT2D eigenvalue weighted by Crippen LogP contribution is 2.31. The third-order valence-corrected chi connectivity index (χ3v) is 5.82. The van der Waals surface area contributed by atoms with Crippen molar-refractivity contribution in [3.8, 4) is 0 Å². The van der Waals surface area contributed by atoms with E-state index in [1.807, 2.05) is 0 Å². The van der Waals surface area contributed by atoms with Crippen LogP contribution >= 0.6 is 23.2 Å². The molecule has 0 aliphatic rings. The lowest BCUT2D eigenvalue weighted by Gasteiger charge is -2.24. The summed E-state index contributed by atoms with van der Waals surface area (Å²) in [5.74, 6) is -0.571. The van der Waals surface area contributed by atoms with Gasteiger partial charge in [-0.05, 0) is 36.4 Å². The molecule has 0 atom stereocenters. The number of nitrogens with zero attached hydrogens (tertiary/aromatic N) is 1. The topological polar surface area (TPSA) is 63.7 Å². The third kappa shape index (κ3) is 4.15. The molecule has 132 valence electrons. The molecule has 0 aliphatic carbocycles. The number of hydrogen-bond acceptors (Lipinski definition) is 4. The van der Waals surface area contributed by atoms with Gasteiger partial charge in [0.2, 0.25) is 0 Å². The highest BCUT2D eigenvalue weighted by molar-refractivity contribution is 7.93. The molecule has 0 saturated heterocycles. The number of benzene rings is 2. The maximum absolute atomic E-state index is 13.1. The normalized spacial score (nSPS) is 11.0. The summed E-state index contributed by atoms with van der Waals surface area (Å²) in [5, 5.41) is 0.285. The number of ether oxygens (including phenoxy) is 1. The molecule has 0 fully saturated rings. The molecule has 2 aromatic rings. The lowest BCUT2D eigenvalue weighted by atomic mass is 10.2. The average molecular weight is 400 g/mol. The predicted octanol–water partition coefficient (Wildman–Crippen LogP) is 4.16. The maximum Gasteiger partial charge on any atom is 0.337 e. The molecule has 0 unspecified atom stereocenters. The van der Waals surface area contributed by atoms with Gasteiger partial charge in [-0.1, -0.05) is 35.3 Å². The summed E-state index contributed by atoms with van der Waals surface area (Å²) in [5.41, 5.74) is 0.500. The molecule has 0 N–H and O–H groups in total. The van der Waals surface area contributed by atoms with Crippen molar-refractivity contribution in [1.82, 2.24) is 0 Å². The van der Waals surface area contributed by atoms with Gasteiger partial charge in [0, 0.05) is 5.02 Å². The van der Waals surface area contributed by atoms with Crippen LogP contribution in [0.25, 0.3) is 0 Å². The minimum Gasteiger partial charge on any atom is -0.465 e. The molecule has 0 spiro atoms. The molecule has 25 heavy (non-hydrogen) atoms. The van der Waals surface area contributed by atoms with Crippen molar-refractivity contribution in [2.45, 2.75) is 4.90 Å². The molecule has 0 aliphatic heterocycles. The highest BCUT2D eigenvalue weighted by atomic mass is 35.5. The van der Waals surface area contributed by atoms with E-state index in [1.54, 1.807) is 12.1 Å². The summed E-state index contributed by atoms with van der Waals surface area (Å²) in [6.45, 7) is 3.57. The highest BCUT2D eigenvalue weighted by Gasteiger charge is 2.27. The van der Waals surface area contributed by atoms with Gasteiger partial charge >= 0.3 is 5.97 Å². The van der Waals surface area contributed by atoms with E-state index in [0.29, 0.717) is 0 Å². The number of sulfonamides is 1. The summed E-state index contributed by atoms with van der Waals surface area (Å²) in [6, 6.07) is 10.3. The van der Waals surface area contributed by atoms with Crippen LogP contribution in [0.15, 0.2) is 60.0 Å². The van der Waals surface area contributed by atoms with Crippen molar-refractivity contribution in [2.24, 2.45) is 0 Å². The Morgan fingerprint density at radius 1 is 1.24 bits per heavy atom. The maximum atomic E-state index is 13.1. The zero-order valence-electron chi connectivity index (χ0n) is 13.3. The third-order valence-electron chi connectivity index (χ3n) is 3.31. The van der Waals surface area contributed by atoms with Gasteiger partial charge in [0.15, 0.2) is 0 Å². The van der Waals surface area contributed by atoms with Crippen LogP contribution < -0.4 is 4.31 Å². The number of carbonyl (C=O) groups is 1. The average Bonchev–Trinajstić information content (AvgIpc) is 2.60. The quantitative estimate of drug-likeness (QED) is 0.540. The molecule has 0 aromatic heterocycles. The Hall–Kier alpha value is -2.02. The molecule has 0 amide bonds. The summed E-state index contributed by atoms with van der Waals surface area (Å²) in [4.78, 5) is 11.6. The molecule has 0 bridgehead atoms. The van der Waals surface area contributed by atoms with Crippen molar-refractivity contribution in [2.75, 3.05) is 18.0 Å². The van der Waals surface area contributed by atoms with Gasteiger partial charge in [-0.25, -0.2) is 13.2 Å². The van der Waals surface area contributed by atoms with Crippen LogP contribution in [0.2, 0.25) is 10.0 Å². The molecule has 0 radical (unpaired) electrons. The van der Waals surface area contributed by atoms with Crippen LogP contribution in [0.4, 0.5) is 5.69 Å². The van der Waals surface area contributed by atoms with Crippen LogP contribution in [0.5, 0.6) is 0 Å². The van der Waals surface area contributed by atoms with E-state index < -0.39 is 16.0 Å². The number of esters is 1. The largest absolute Gasteiger partial charge is 0.465 e. The number of halogens is 2. The standard InChI is InChI=1S/C17H15Cl2NO4S/c1-3-9-20(14-6-4-5-12(10-14)17(21)24-2)25(22,23)16-11-13(18)7-8-15(16)19/h3-8,10-11H,1,9H2,2H3. The first kappa shape index (κ1) is 19.3. The first-order valence-corrected chi connectivity index (χ1v) is 9.28. The first-order valence-electron chi connectivity index (χ1n) is 7.08. The Morgan fingerprint density at radius 2 is 1.96 bits per heavy atom. The van der Waals surface area contributed by atoms with Crippen molar-refractivity contribution >= 4 is 44.9 Å². The van der Waals surface area contributed by atoms with Gasteiger partial charge in [-0.15, -0.1) is 6.58 Å². The fraction of sp³-hybridized carbons (Fsp3) is 0.118. The van der Waals surface area contributed by atoms with Crippen LogP contribution in [-0.2, 0) is 14.8 Å². The minimum atomic E-state index is -4.03. The minimum absolute atomic E-state index is 0.0181. The Labute approximate surface area is 156 Å². The summed E-state index contributed by atoms with van der Waals surface area (Å²) < 4.78 is 31.9. The Bertz CT molecular complexity index is 913. The number of methoxy groups -OCH3 is 1. The fourth-order valence-corrected chi connectivity index (χ4v) is 4.33. The smallest absolute Gasteiger partial charge is 0.337 e. The van der Waals surface area contributed by atoms with Gasteiger partial charge in [0.1, 0.15) is 4.90 Å². The predicted molar refractivity (Wildman–Crippen MR) is 99.0 cm³/mol. The molecular formula is C17H15Cl2NO4S. The van der Waals surface area contributed by atoms with E-state index in [2.05, 4.69) is 11.3 Å². The van der Waals surface area contributed by atoms with Crippen molar-refractivity contribution < 1.29 is 17.9 Å². The van der Waals surface area contributed by atoms with E-state index in [0.717, 1.165) is 4.31 Å². The molecule has 0 saturated carbocycles. The molecule has 8 heteroatoms.